The van der Waals surface area contributed by atoms with E-state index >= 15 is 0 Å². The smallest absolute Gasteiger partial charge is 0.229 e. The summed E-state index contributed by atoms with van der Waals surface area (Å²) >= 11 is 5.93. The Labute approximate surface area is 134 Å². The molecule has 118 valence electrons. The molecule has 5 nitrogen and oxygen atoms in total. The molecule has 3 amide bonds. The number of carbonyl (C=O) groups excluding carboxylic acids is 3. The van der Waals surface area contributed by atoms with E-state index in [1.54, 1.807) is 6.07 Å². The van der Waals surface area contributed by atoms with Crippen molar-refractivity contribution in [3.05, 3.63) is 34.9 Å². The van der Waals surface area contributed by atoms with E-state index in [1.807, 2.05) is 25.1 Å². The van der Waals surface area contributed by atoms with E-state index in [2.05, 4.69) is 5.32 Å². The summed E-state index contributed by atoms with van der Waals surface area (Å²) in [5, 5.41) is 3.54. The van der Waals surface area contributed by atoms with Crippen LogP contribution in [0, 0.1) is 0 Å². The number of imide groups is 1. The Morgan fingerprint density at radius 1 is 1.32 bits per heavy atom. The van der Waals surface area contributed by atoms with Crippen molar-refractivity contribution in [1.82, 2.24) is 10.2 Å². The molecule has 1 atom stereocenters. The van der Waals surface area contributed by atoms with E-state index in [1.165, 1.54) is 4.90 Å². The number of nitrogens with zero attached hydrogens (tertiary/aromatic N) is 1. The predicted octanol–water partition coefficient (Wildman–Crippen LogP) is 1.93. The zero-order valence-corrected chi connectivity index (χ0v) is 13.2. The van der Waals surface area contributed by atoms with Crippen LogP contribution in [0.5, 0.6) is 0 Å². The molecule has 0 aromatic heterocycles. The molecule has 0 saturated carbocycles. The first kappa shape index (κ1) is 16.5. The minimum absolute atomic E-state index is 0.0454. The van der Waals surface area contributed by atoms with Gasteiger partial charge in [0, 0.05) is 36.9 Å². The Kier molecular flexibility index (Phi) is 5.55. The number of hydrogen-bond acceptors (Lipinski definition) is 3. The second kappa shape index (κ2) is 7.40. The molecule has 1 aliphatic rings. The lowest BCUT2D eigenvalue weighted by atomic mass is 10.1. The fourth-order valence-corrected chi connectivity index (χ4v) is 2.71. The summed E-state index contributed by atoms with van der Waals surface area (Å²) in [4.78, 5) is 36.0. The van der Waals surface area contributed by atoms with Crippen LogP contribution in [0.2, 0.25) is 5.02 Å². The van der Waals surface area contributed by atoms with Crippen LogP contribution in [-0.4, -0.2) is 35.2 Å². The van der Waals surface area contributed by atoms with Gasteiger partial charge in [0.15, 0.2) is 0 Å². The van der Waals surface area contributed by atoms with Crippen LogP contribution in [0.25, 0.3) is 0 Å². The zero-order valence-electron chi connectivity index (χ0n) is 12.5. The summed E-state index contributed by atoms with van der Waals surface area (Å²) in [5.74, 6) is -0.545. The van der Waals surface area contributed by atoms with E-state index in [-0.39, 0.29) is 49.6 Å². The molecule has 0 spiro atoms. The standard InChI is InChI=1S/C16H19ClN2O3/c1-11(9-12-3-2-4-13(17)10-12)18-14(20)7-8-19-15(21)5-6-16(19)22/h2-4,10-11H,5-9H2,1H3,(H,18,20). The maximum absolute atomic E-state index is 11.9. The van der Waals surface area contributed by atoms with Gasteiger partial charge >= 0.3 is 0 Å². The number of amides is 3. The fourth-order valence-electron chi connectivity index (χ4n) is 2.50. The highest BCUT2D eigenvalue weighted by Gasteiger charge is 2.28. The van der Waals surface area contributed by atoms with Crippen LogP contribution in [0.3, 0.4) is 0 Å². The molecule has 1 aliphatic heterocycles. The minimum atomic E-state index is -0.190. The second-order valence-electron chi connectivity index (χ2n) is 5.49. The molecule has 0 radical (unpaired) electrons. The van der Waals surface area contributed by atoms with Crippen molar-refractivity contribution in [3.8, 4) is 0 Å². The SMILES string of the molecule is CC(Cc1cccc(Cl)c1)NC(=O)CCN1C(=O)CCC1=O. The summed E-state index contributed by atoms with van der Waals surface area (Å²) in [6.07, 6.45) is 1.32. The highest BCUT2D eigenvalue weighted by molar-refractivity contribution is 6.30. The predicted molar refractivity (Wildman–Crippen MR) is 83.3 cm³/mol. The van der Waals surface area contributed by atoms with E-state index in [0.29, 0.717) is 11.4 Å². The molecule has 1 unspecified atom stereocenters. The first-order chi connectivity index (χ1) is 10.5. The van der Waals surface area contributed by atoms with Gasteiger partial charge in [-0.2, -0.15) is 0 Å². The van der Waals surface area contributed by atoms with Crippen LogP contribution >= 0.6 is 11.6 Å². The van der Waals surface area contributed by atoms with Crippen LogP contribution in [0.4, 0.5) is 0 Å². The molecular formula is C16H19ClN2O3. The normalized spacial score (nSPS) is 16.0. The van der Waals surface area contributed by atoms with E-state index in [0.717, 1.165) is 5.56 Å². The molecule has 1 saturated heterocycles. The number of nitrogens with one attached hydrogen (secondary N) is 1. The highest BCUT2D eigenvalue weighted by Crippen LogP contribution is 2.13. The van der Waals surface area contributed by atoms with Crippen molar-refractivity contribution < 1.29 is 14.4 Å². The molecule has 1 fully saturated rings. The first-order valence-corrected chi connectivity index (χ1v) is 7.70. The van der Waals surface area contributed by atoms with E-state index in [4.69, 9.17) is 11.6 Å². The lowest BCUT2D eigenvalue weighted by molar-refractivity contribution is -0.138. The van der Waals surface area contributed by atoms with Crippen LogP contribution in [-0.2, 0) is 20.8 Å². The molecule has 0 aliphatic carbocycles. The van der Waals surface area contributed by atoms with Gasteiger partial charge in [0.05, 0.1) is 0 Å². The van der Waals surface area contributed by atoms with Gasteiger partial charge in [0.1, 0.15) is 0 Å². The van der Waals surface area contributed by atoms with Gasteiger partial charge in [0.2, 0.25) is 17.7 Å². The molecule has 2 rings (SSSR count). The first-order valence-electron chi connectivity index (χ1n) is 7.32. The third-order valence-corrected chi connectivity index (χ3v) is 3.79. The summed E-state index contributed by atoms with van der Waals surface area (Å²) in [7, 11) is 0. The number of benzene rings is 1. The topological polar surface area (TPSA) is 66.5 Å². The highest BCUT2D eigenvalue weighted by atomic mass is 35.5. The Balaban J connectivity index is 1.76. The molecule has 0 bridgehead atoms. The Bertz CT molecular complexity index is 573. The third-order valence-electron chi connectivity index (χ3n) is 3.56. The fraction of sp³-hybridized carbons (Fsp3) is 0.438. The van der Waals surface area contributed by atoms with Crippen molar-refractivity contribution >= 4 is 29.3 Å². The third kappa shape index (κ3) is 4.56. The number of likely N-dealkylation sites (tertiary alicyclic amines) is 1. The molecule has 1 N–H and O–H groups in total. The van der Waals surface area contributed by atoms with Gasteiger partial charge < -0.3 is 5.32 Å². The quantitative estimate of drug-likeness (QED) is 0.814. The number of rotatable bonds is 6. The second-order valence-corrected chi connectivity index (χ2v) is 5.93. The monoisotopic (exact) mass is 322 g/mol. The minimum Gasteiger partial charge on any atom is -0.353 e. The van der Waals surface area contributed by atoms with Crippen molar-refractivity contribution in [2.45, 2.75) is 38.6 Å². The van der Waals surface area contributed by atoms with Gasteiger partial charge in [0.25, 0.3) is 0 Å². The maximum atomic E-state index is 11.9. The molecule has 6 heteroatoms. The van der Waals surface area contributed by atoms with Crippen molar-refractivity contribution in [2.75, 3.05) is 6.54 Å². The van der Waals surface area contributed by atoms with Gasteiger partial charge in [-0.15, -0.1) is 0 Å². The molecule has 1 heterocycles. The van der Waals surface area contributed by atoms with Crippen LogP contribution in [0.15, 0.2) is 24.3 Å². The number of hydrogen-bond donors (Lipinski definition) is 1. The summed E-state index contributed by atoms with van der Waals surface area (Å²) < 4.78 is 0. The van der Waals surface area contributed by atoms with Gasteiger partial charge in [-0.1, -0.05) is 23.7 Å². The lowest BCUT2D eigenvalue weighted by Crippen LogP contribution is -2.38. The molecule has 1 aromatic rings. The van der Waals surface area contributed by atoms with Crippen molar-refractivity contribution in [3.63, 3.8) is 0 Å². The van der Waals surface area contributed by atoms with Crippen LogP contribution < -0.4 is 5.32 Å². The Hall–Kier alpha value is -1.88. The van der Waals surface area contributed by atoms with E-state index < -0.39 is 0 Å². The number of carbonyl (C=O) groups is 3. The van der Waals surface area contributed by atoms with Gasteiger partial charge in [-0.3, -0.25) is 19.3 Å². The Morgan fingerprint density at radius 3 is 2.64 bits per heavy atom. The van der Waals surface area contributed by atoms with Crippen molar-refractivity contribution in [2.24, 2.45) is 0 Å². The lowest BCUT2D eigenvalue weighted by Gasteiger charge is -2.16. The largest absolute Gasteiger partial charge is 0.353 e. The van der Waals surface area contributed by atoms with Crippen molar-refractivity contribution in [1.29, 1.82) is 0 Å². The van der Waals surface area contributed by atoms with Crippen LogP contribution in [0.1, 0.15) is 31.7 Å². The Morgan fingerprint density at radius 2 is 2.00 bits per heavy atom. The summed E-state index contributed by atoms with van der Waals surface area (Å²) in [6, 6.07) is 7.45. The zero-order chi connectivity index (χ0) is 16.1. The molecular weight excluding hydrogens is 304 g/mol. The molecule has 1 aromatic carbocycles. The number of halogens is 1. The summed E-state index contributed by atoms with van der Waals surface area (Å²) in [5.41, 5.74) is 1.05. The average molecular weight is 323 g/mol. The van der Waals surface area contributed by atoms with Gasteiger partial charge in [-0.25, -0.2) is 0 Å². The van der Waals surface area contributed by atoms with E-state index in [9.17, 15) is 14.4 Å². The van der Waals surface area contributed by atoms with Gasteiger partial charge in [-0.05, 0) is 31.0 Å². The summed E-state index contributed by atoms with van der Waals surface area (Å²) in [6.45, 7) is 2.07. The molecule has 22 heavy (non-hydrogen) atoms. The average Bonchev–Trinajstić information content (AvgIpc) is 2.75. The maximum Gasteiger partial charge on any atom is 0.229 e.